The number of hydrogen-bond donors (Lipinski definition) is 0. The molecule has 0 N–H and O–H groups in total. The quantitative estimate of drug-likeness (QED) is 0.692. The second-order valence-electron chi connectivity index (χ2n) is 5.62. The van der Waals surface area contributed by atoms with Gasteiger partial charge in [-0.15, -0.1) is 11.3 Å². The van der Waals surface area contributed by atoms with Crippen molar-refractivity contribution in [1.29, 1.82) is 0 Å². The summed E-state index contributed by atoms with van der Waals surface area (Å²) < 4.78 is 0. The summed E-state index contributed by atoms with van der Waals surface area (Å²) in [4.78, 5) is 22.7. The lowest BCUT2D eigenvalue weighted by atomic mass is 10.2. The number of nitrogens with zero attached hydrogens (tertiary/aromatic N) is 3. The number of aromatic nitrogens is 2. The van der Waals surface area contributed by atoms with Crippen molar-refractivity contribution in [3.05, 3.63) is 82.1 Å². The van der Waals surface area contributed by atoms with Crippen molar-refractivity contribution in [1.82, 2.24) is 14.9 Å². The average molecular weight is 337 g/mol. The largest absolute Gasteiger partial charge is 0.340 e. The van der Waals surface area contributed by atoms with Crippen molar-refractivity contribution in [2.75, 3.05) is 13.6 Å². The van der Waals surface area contributed by atoms with E-state index < -0.39 is 0 Å². The SMILES string of the molecule is CN(CCc1ccncc1)C(=O)c1csc(Cc2ccccc2)n1. The molecule has 0 radical (unpaired) electrons. The van der Waals surface area contributed by atoms with Crippen molar-refractivity contribution >= 4 is 17.2 Å². The minimum atomic E-state index is -0.0281. The van der Waals surface area contributed by atoms with E-state index in [1.54, 1.807) is 17.3 Å². The van der Waals surface area contributed by atoms with Crippen molar-refractivity contribution in [2.24, 2.45) is 0 Å². The summed E-state index contributed by atoms with van der Waals surface area (Å²) in [5, 5.41) is 2.82. The lowest BCUT2D eigenvalue weighted by Gasteiger charge is -2.15. The number of carbonyl (C=O) groups excluding carboxylic acids is 1. The van der Waals surface area contributed by atoms with Gasteiger partial charge in [0.1, 0.15) is 5.69 Å². The number of pyridine rings is 1. The second-order valence-corrected chi connectivity index (χ2v) is 6.56. The Bertz CT molecular complexity index is 787. The van der Waals surface area contributed by atoms with E-state index in [2.05, 4.69) is 22.1 Å². The molecule has 2 heterocycles. The topological polar surface area (TPSA) is 46.1 Å². The van der Waals surface area contributed by atoms with Crippen LogP contribution in [-0.2, 0) is 12.8 Å². The van der Waals surface area contributed by atoms with E-state index in [0.29, 0.717) is 12.2 Å². The minimum absolute atomic E-state index is 0.0281. The maximum atomic E-state index is 12.5. The van der Waals surface area contributed by atoms with Gasteiger partial charge in [-0.05, 0) is 29.7 Å². The van der Waals surface area contributed by atoms with Crippen LogP contribution in [0, 0.1) is 0 Å². The molecule has 3 aromatic rings. The molecule has 1 amide bonds. The summed E-state index contributed by atoms with van der Waals surface area (Å²) in [6, 6.07) is 14.1. The number of rotatable bonds is 6. The van der Waals surface area contributed by atoms with Crippen LogP contribution in [0.25, 0.3) is 0 Å². The molecule has 0 saturated carbocycles. The second kappa shape index (κ2) is 7.84. The summed E-state index contributed by atoms with van der Waals surface area (Å²) in [6.07, 6.45) is 5.12. The molecule has 0 atom stereocenters. The zero-order chi connectivity index (χ0) is 16.8. The third kappa shape index (κ3) is 4.26. The van der Waals surface area contributed by atoms with Gasteiger partial charge in [-0.3, -0.25) is 9.78 Å². The molecule has 24 heavy (non-hydrogen) atoms. The highest BCUT2D eigenvalue weighted by Gasteiger charge is 2.15. The van der Waals surface area contributed by atoms with Crippen LogP contribution < -0.4 is 0 Å². The maximum Gasteiger partial charge on any atom is 0.273 e. The molecule has 1 aromatic carbocycles. The molecule has 5 heteroatoms. The Morgan fingerprint density at radius 1 is 1.08 bits per heavy atom. The van der Waals surface area contributed by atoms with Crippen LogP contribution in [0.2, 0.25) is 0 Å². The summed E-state index contributed by atoms with van der Waals surface area (Å²) >= 11 is 1.54. The predicted molar refractivity (Wildman–Crippen MR) is 96.3 cm³/mol. The summed E-state index contributed by atoms with van der Waals surface area (Å²) in [7, 11) is 1.82. The first-order chi connectivity index (χ1) is 11.7. The van der Waals surface area contributed by atoms with Gasteiger partial charge in [0, 0.05) is 37.8 Å². The highest BCUT2D eigenvalue weighted by molar-refractivity contribution is 7.09. The zero-order valence-corrected chi connectivity index (χ0v) is 14.4. The summed E-state index contributed by atoms with van der Waals surface area (Å²) in [5.74, 6) is -0.0281. The van der Waals surface area contributed by atoms with Crippen LogP contribution in [0.4, 0.5) is 0 Å². The van der Waals surface area contributed by atoms with Crippen LogP contribution in [-0.4, -0.2) is 34.4 Å². The van der Waals surface area contributed by atoms with Crippen molar-refractivity contribution < 1.29 is 4.79 Å². The first-order valence-electron chi connectivity index (χ1n) is 7.85. The number of carbonyl (C=O) groups is 1. The molecule has 0 bridgehead atoms. The monoisotopic (exact) mass is 337 g/mol. The van der Waals surface area contributed by atoms with Crippen molar-refractivity contribution in [3.8, 4) is 0 Å². The highest BCUT2D eigenvalue weighted by Crippen LogP contribution is 2.16. The molecule has 0 aliphatic carbocycles. The van der Waals surface area contributed by atoms with E-state index in [0.717, 1.165) is 17.8 Å². The highest BCUT2D eigenvalue weighted by atomic mass is 32.1. The maximum absolute atomic E-state index is 12.5. The van der Waals surface area contributed by atoms with Gasteiger partial charge in [0.2, 0.25) is 0 Å². The first kappa shape index (κ1) is 16.3. The molecule has 4 nitrogen and oxygen atoms in total. The van der Waals surface area contributed by atoms with Gasteiger partial charge >= 0.3 is 0 Å². The van der Waals surface area contributed by atoms with Crippen LogP contribution in [0.3, 0.4) is 0 Å². The van der Waals surface area contributed by atoms with Crippen molar-refractivity contribution in [2.45, 2.75) is 12.8 Å². The van der Waals surface area contributed by atoms with E-state index >= 15 is 0 Å². The summed E-state index contributed by atoms with van der Waals surface area (Å²) in [6.45, 7) is 0.661. The number of benzene rings is 1. The molecule has 0 aliphatic heterocycles. The van der Waals surface area contributed by atoms with Crippen LogP contribution in [0.5, 0.6) is 0 Å². The molecular weight excluding hydrogens is 318 g/mol. The molecule has 3 rings (SSSR count). The number of amides is 1. The Morgan fingerprint density at radius 2 is 1.83 bits per heavy atom. The Kier molecular flexibility index (Phi) is 5.33. The Hall–Kier alpha value is -2.53. The molecule has 0 unspecified atom stereocenters. The average Bonchev–Trinajstić information content (AvgIpc) is 3.09. The van der Waals surface area contributed by atoms with Gasteiger partial charge in [0.15, 0.2) is 0 Å². The smallest absolute Gasteiger partial charge is 0.273 e. The van der Waals surface area contributed by atoms with E-state index in [9.17, 15) is 4.79 Å². The molecule has 0 fully saturated rings. The van der Waals surface area contributed by atoms with Crippen LogP contribution in [0.1, 0.15) is 26.6 Å². The molecular formula is C19H19N3OS. The van der Waals surface area contributed by atoms with E-state index in [4.69, 9.17) is 0 Å². The van der Waals surface area contributed by atoms with E-state index in [1.807, 2.05) is 42.8 Å². The molecule has 0 spiro atoms. The molecule has 0 saturated heterocycles. The predicted octanol–water partition coefficient (Wildman–Crippen LogP) is 3.44. The number of thiazole rings is 1. The third-order valence-corrected chi connectivity index (χ3v) is 4.65. The fraction of sp³-hybridized carbons (Fsp3) is 0.211. The zero-order valence-electron chi connectivity index (χ0n) is 13.6. The van der Waals surface area contributed by atoms with Crippen LogP contribution >= 0.6 is 11.3 Å². The lowest BCUT2D eigenvalue weighted by molar-refractivity contribution is 0.0791. The van der Waals surface area contributed by atoms with Crippen LogP contribution in [0.15, 0.2) is 60.2 Å². The minimum Gasteiger partial charge on any atom is -0.340 e. The molecule has 0 aliphatic rings. The Morgan fingerprint density at radius 3 is 2.58 bits per heavy atom. The number of likely N-dealkylation sites (N-methyl/N-ethyl adjacent to an activating group) is 1. The Balaban J connectivity index is 1.58. The third-order valence-electron chi connectivity index (χ3n) is 3.80. The van der Waals surface area contributed by atoms with Gasteiger partial charge < -0.3 is 4.90 Å². The van der Waals surface area contributed by atoms with E-state index in [1.165, 1.54) is 22.5 Å². The van der Waals surface area contributed by atoms with Gasteiger partial charge in [0.25, 0.3) is 5.91 Å². The van der Waals surface area contributed by atoms with Gasteiger partial charge in [-0.2, -0.15) is 0 Å². The van der Waals surface area contributed by atoms with Gasteiger partial charge in [-0.1, -0.05) is 30.3 Å². The lowest BCUT2D eigenvalue weighted by Crippen LogP contribution is -2.29. The van der Waals surface area contributed by atoms with E-state index in [-0.39, 0.29) is 5.91 Å². The molecule has 2 aromatic heterocycles. The fourth-order valence-corrected chi connectivity index (χ4v) is 3.21. The van der Waals surface area contributed by atoms with Crippen molar-refractivity contribution in [3.63, 3.8) is 0 Å². The standard InChI is InChI=1S/C19H19N3OS/c1-22(12-9-15-7-10-20-11-8-15)19(23)17-14-24-18(21-17)13-16-5-3-2-4-6-16/h2-8,10-11,14H,9,12-13H2,1H3. The normalized spacial score (nSPS) is 10.5. The molecule has 122 valence electrons. The summed E-state index contributed by atoms with van der Waals surface area (Å²) in [5.41, 5.74) is 2.91. The number of hydrogen-bond acceptors (Lipinski definition) is 4. The van der Waals surface area contributed by atoms with Gasteiger partial charge in [0.05, 0.1) is 5.01 Å². The Labute approximate surface area is 145 Å². The van der Waals surface area contributed by atoms with Gasteiger partial charge in [-0.25, -0.2) is 4.98 Å². The first-order valence-corrected chi connectivity index (χ1v) is 8.73. The fourth-order valence-electron chi connectivity index (χ4n) is 2.40.